The quantitative estimate of drug-likeness (QED) is 0.177. The van der Waals surface area contributed by atoms with Gasteiger partial charge in [0.15, 0.2) is 17.3 Å². The van der Waals surface area contributed by atoms with Crippen LogP contribution in [-0.4, -0.2) is 51.3 Å². The zero-order valence-corrected chi connectivity index (χ0v) is 19.6. The van der Waals surface area contributed by atoms with Gasteiger partial charge in [-0.25, -0.2) is 0 Å². The van der Waals surface area contributed by atoms with Crippen LogP contribution in [-0.2, 0) is 9.53 Å². The Labute approximate surface area is 194 Å². The van der Waals surface area contributed by atoms with Crippen molar-refractivity contribution in [1.82, 2.24) is 4.98 Å². The second-order valence-electron chi connectivity index (χ2n) is 6.96. The first-order valence-corrected chi connectivity index (χ1v) is 10.8. The normalized spacial score (nSPS) is 10.7. The summed E-state index contributed by atoms with van der Waals surface area (Å²) in [6.07, 6.45) is 7.33. The van der Waals surface area contributed by atoms with Crippen molar-refractivity contribution in [3.63, 3.8) is 0 Å². The number of hydrogen-bond donors (Lipinski definition) is 0. The highest BCUT2D eigenvalue weighted by Crippen LogP contribution is 2.30. The lowest BCUT2D eigenvalue weighted by atomic mass is 10.1. The van der Waals surface area contributed by atoms with E-state index in [0.717, 1.165) is 19.3 Å². The first kappa shape index (κ1) is 25.7. The molecular weight excluding hydrogens is 426 g/mol. The largest absolute Gasteiger partial charge is 0.496 e. The third kappa shape index (κ3) is 7.82. The Kier molecular flexibility index (Phi) is 10.7. The number of nitrogens with zero attached hydrogens (tertiary/aromatic N) is 1. The molecule has 0 unspecified atom stereocenters. The lowest BCUT2D eigenvalue weighted by Crippen LogP contribution is -2.04. The number of methoxy groups -OCH3 is 3. The van der Waals surface area contributed by atoms with Crippen LogP contribution in [0, 0.1) is 0 Å². The van der Waals surface area contributed by atoms with Crippen LogP contribution in [0.2, 0.25) is 0 Å². The van der Waals surface area contributed by atoms with E-state index in [1.54, 1.807) is 43.5 Å². The van der Waals surface area contributed by atoms with E-state index < -0.39 is 0 Å². The standard InChI is InChI=1S/C25H31NO7/c1-5-32-24(28)12-7-6-8-15-33-22-16-18(26-17-23(22)31-4)13-14-19(27)25-20(29-2)10-9-11-21(25)30-3/h9-11,13-14,16-17H,5-8,12,15H2,1-4H3. The maximum Gasteiger partial charge on any atom is 0.305 e. The monoisotopic (exact) mass is 457 g/mol. The summed E-state index contributed by atoms with van der Waals surface area (Å²) in [4.78, 5) is 28.4. The van der Waals surface area contributed by atoms with Gasteiger partial charge in [-0.3, -0.25) is 14.6 Å². The summed E-state index contributed by atoms with van der Waals surface area (Å²) in [5.41, 5.74) is 0.877. The number of carbonyl (C=O) groups is 2. The number of carbonyl (C=O) groups excluding carboxylic acids is 2. The van der Waals surface area contributed by atoms with Gasteiger partial charge in [0.25, 0.3) is 0 Å². The molecule has 0 aliphatic carbocycles. The number of hydrogen-bond acceptors (Lipinski definition) is 8. The summed E-state index contributed by atoms with van der Waals surface area (Å²) in [5, 5.41) is 0. The molecule has 0 saturated heterocycles. The minimum atomic E-state index is -0.272. The molecule has 1 heterocycles. The highest BCUT2D eigenvalue weighted by Gasteiger charge is 2.16. The average Bonchev–Trinajstić information content (AvgIpc) is 2.84. The molecule has 0 spiro atoms. The molecular formula is C25H31NO7. The second-order valence-corrected chi connectivity index (χ2v) is 6.96. The minimum Gasteiger partial charge on any atom is -0.496 e. The van der Waals surface area contributed by atoms with E-state index in [1.165, 1.54) is 27.4 Å². The Morgan fingerprint density at radius 2 is 1.64 bits per heavy atom. The van der Waals surface area contributed by atoms with Gasteiger partial charge in [-0.2, -0.15) is 0 Å². The molecule has 0 bridgehead atoms. The maximum atomic E-state index is 12.8. The van der Waals surface area contributed by atoms with E-state index in [1.807, 2.05) is 0 Å². The Morgan fingerprint density at radius 3 is 2.27 bits per heavy atom. The highest BCUT2D eigenvalue weighted by atomic mass is 16.5. The van der Waals surface area contributed by atoms with Crippen LogP contribution in [0.5, 0.6) is 23.0 Å². The predicted molar refractivity (Wildman–Crippen MR) is 124 cm³/mol. The molecule has 178 valence electrons. The number of rotatable bonds is 14. The van der Waals surface area contributed by atoms with Gasteiger partial charge in [-0.15, -0.1) is 0 Å². The summed E-state index contributed by atoms with van der Waals surface area (Å²) in [6, 6.07) is 6.87. The number of ether oxygens (including phenoxy) is 5. The van der Waals surface area contributed by atoms with Gasteiger partial charge in [0.2, 0.25) is 0 Å². The zero-order valence-electron chi connectivity index (χ0n) is 19.6. The van der Waals surface area contributed by atoms with E-state index in [4.69, 9.17) is 23.7 Å². The molecule has 33 heavy (non-hydrogen) atoms. The molecule has 0 aliphatic rings. The average molecular weight is 458 g/mol. The fourth-order valence-electron chi connectivity index (χ4n) is 3.10. The molecule has 0 fully saturated rings. The predicted octanol–water partition coefficient (Wildman–Crippen LogP) is 4.51. The lowest BCUT2D eigenvalue weighted by Gasteiger charge is -2.11. The SMILES string of the molecule is CCOC(=O)CCCCCOc1cc(C=CC(=O)c2c(OC)cccc2OC)ncc1OC. The first-order chi connectivity index (χ1) is 16.0. The Bertz CT molecular complexity index is 934. The van der Waals surface area contributed by atoms with E-state index in [0.29, 0.717) is 53.9 Å². The van der Waals surface area contributed by atoms with Crippen LogP contribution in [0.4, 0.5) is 0 Å². The molecule has 2 rings (SSSR count). The molecule has 2 aromatic rings. The van der Waals surface area contributed by atoms with Crippen molar-refractivity contribution in [3.05, 3.63) is 47.8 Å². The smallest absolute Gasteiger partial charge is 0.305 e. The van der Waals surface area contributed by atoms with Crippen molar-refractivity contribution in [3.8, 4) is 23.0 Å². The number of allylic oxidation sites excluding steroid dienone is 1. The van der Waals surface area contributed by atoms with Gasteiger partial charge in [0.1, 0.15) is 17.1 Å². The number of ketones is 1. The first-order valence-electron chi connectivity index (χ1n) is 10.8. The molecule has 1 aromatic heterocycles. The van der Waals surface area contributed by atoms with Crippen LogP contribution in [0.15, 0.2) is 36.5 Å². The van der Waals surface area contributed by atoms with Crippen LogP contribution in [0.1, 0.15) is 48.7 Å². The third-order valence-corrected chi connectivity index (χ3v) is 4.74. The van der Waals surface area contributed by atoms with Crippen molar-refractivity contribution in [2.75, 3.05) is 34.5 Å². The van der Waals surface area contributed by atoms with Gasteiger partial charge in [0.05, 0.1) is 46.4 Å². The number of esters is 1. The third-order valence-electron chi connectivity index (χ3n) is 4.74. The molecule has 8 heteroatoms. The van der Waals surface area contributed by atoms with Crippen molar-refractivity contribution >= 4 is 17.8 Å². The molecule has 0 amide bonds. The summed E-state index contributed by atoms with van der Waals surface area (Å²) < 4.78 is 26.7. The number of unbranched alkanes of at least 4 members (excludes halogenated alkanes) is 2. The highest BCUT2D eigenvalue weighted by molar-refractivity contribution is 6.10. The Balaban J connectivity index is 2.01. The number of pyridine rings is 1. The number of benzene rings is 1. The van der Waals surface area contributed by atoms with Crippen molar-refractivity contribution < 1.29 is 33.3 Å². The van der Waals surface area contributed by atoms with Gasteiger partial charge >= 0.3 is 5.97 Å². The number of aromatic nitrogens is 1. The van der Waals surface area contributed by atoms with Gasteiger partial charge in [-0.1, -0.05) is 6.07 Å². The Hall–Kier alpha value is -3.55. The Morgan fingerprint density at radius 1 is 0.939 bits per heavy atom. The van der Waals surface area contributed by atoms with E-state index in [9.17, 15) is 9.59 Å². The molecule has 0 saturated carbocycles. The van der Waals surface area contributed by atoms with Crippen LogP contribution < -0.4 is 18.9 Å². The molecule has 0 atom stereocenters. The second kappa shape index (κ2) is 13.8. The van der Waals surface area contributed by atoms with E-state index in [-0.39, 0.29) is 11.8 Å². The molecule has 8 nitrogen and oxygen atoms in total. The molecule has 0 radical (unpaired) electrons. The van der Waals surface area contributed by atoms with Crippen molar-refractivity contribution in [1.29, 1.82) is 0 Å². The van der Waals surface area contributed by atoms with Crippen LogP contribution in [0.25, 0.3) is 6.08 Å². The lowest BCUT2D eigenvalue weighted by molar-refractivity contribution is -0.143. The molecule has 0 aliphatic heterocycles. The van der Waals surface area contributed by atoms with Gasteiger partial charge in [-0.05, 0) is 50.5 Å². The molecule has 1 aromatic carbocycles. The summed E-state index contributed by atoms with van der Waals surface area (Å²) in [5.74, 6) is 1.44. The van der Waals surface area contributed by atoms with Crippen molar-refractivity contribution in [2.24, 2.45) is 0 Å². The fraction of sp³-hybridized carbons (Fsp3) is 0.400. The maximum absolute atomic E-state index is 12.8. The minimum absolute atomic E-state index is 0.175. The summed E-state index contributed by atoms with van der Waals surface area (Å²) in [7, 11) is 4.54. The van der Waals surface area contributed by atoms with Crippen LogP contribution in [0.3, 0.4) is 0 Å². The van der Waals surface area contributed by atoms with E-state index in [2.05, 4.69) is 4.98 Å². The van der Waals surface area contributed by atoms with E-state index >= 15 is 0 Å². The topological polar surface area (TPSA) is 93.2 Å². The summed E-state index contributed by atoms with van der Waals surface area (Å²) >= 11 is 0. The molecule has 0 N–H and O–H groups in total. The van der Waals surface area contributed by atoms with Crippen molar-refractivity contribution in [2.45, 2.75) is 32.6 Å². The van der Waals surface area contributed by atoms with Crippen LogP contribution >= 0.6 is 0 Å². The summed E-state index contributed by atoms with van der Waals surface area (Å²) in [6.45, 7) is 2.66. The fourth-order valence-corrected chi connectivity index (χ4v) is 3.10. The van der Waals surface area contributed by atoms with Gasteiger partial charge in [0, 0.05) is 12.5 Å². The van der Waals surface area contributed by atoms with Gasteiger partial charge < -0.3 is 23.7 Å². The zero-order chi connectivity index (χ0) is 24.1.